The molecule has 0 aliphatic heterocycles. The van der Waals surface area contributed by atoms with Gasteiger partial charge >= 0.3 is 5.69 Å². The van der Waals surface area contributed by atoms with Crippen molar-refractivity contribution in [2.45, 2.75) is 19.9 Å². The summed E-state index contributed by atoms with van der Waals surface area (Å²) in [4.78, 5) is 18.0. The molecule has 2 aromatic rings. The van der Waals surface area contributed by atoms with Gasteiger partial charge in [-0.15, -0.1) is 0 Å². The maximum Gasteiger partial charge on any atom is 0.311 e. The molecule has 0 aliphatic carbocycles. The van der Waals surface area contributed by atoms with Crippen LogP contribution < -0.4 is 11.1 Å². The summed E-state index contributed by atoms with van der Waals surface area (Å²) in [6.07, 6.45) is 1.62. The van der Waals surface area contributed by atoms with E-state index in [0.29, 0.717) is 17.5 Å². The number of aryl methyl sites for hydroxylation is 1. The second-order valence-corrected chi connectivity index (χ2v) is 4.03. The van der Waals surface area contributed by atoms with Crippen LogP contribution in [0.1, 0.15) is 24.6 Å². The number of pyridine rings is 1. The van der Waals surface area contributed by atoms with Crippen molar-refractivity contribution in [3.63, 3.8) is 0 Å². The molecule has 2 rings (SSSR count). The molecule has 0 amide bonds. The maximum atomic E-state index is 10.6. The summed E-state index contributed by atoms with van der Waals surface area (Å²) in [5, 5.41) is 13.6. The Kier molecular flexibility index (Phi) is 3.32. The number of nitrogens with zero attached hydrogens (tertiary/aromatic N) is 3. The molecule has 3 N–H and O–H groups in total. The van der Waals surface area contributed by atoms with E-state index >= 15 is 0 Å². The molecule has 2 heterocycles. The van der Waals surface area contributed by atoms with Crippen LogP contribution >= 0.6 is 0 Å². The van der Waals surface area contributed by atoms with E-state index < -0.39 is 4.92 Å². The minimum Gasteiger partial charge on any atom is -0.444 e. The van der Waals surface area contributed by atoms with Gasteiger partial charge in [0.25, 0.3) is 0 Å². The average molecular weight is 263 g/mol. The standard InChI is InChI=1S/C11H13N5O3/c1-6-5-13-11(19-6)7(2)14-9-4-3-8(16(17)18)10(12)15-9/h3-5,7H,1-2H3,(H3,12,14,15). The summed E-state index contributed by atoms with van der Waals surface area (Å²) in [6, 6.07) is 2.57. The number of hydrogen-bond donors (Lipinski definition) is 2. The van der Waals surface area contributed by atoms with E-state index in [-0.39, 0.29) is 17.5 Å². The SMILES string of the molecule is Cc1cnc(C(C)Nc2ccc([N+](=O)[O-])c(N)n2)o1. The van der Waals surface area contributed by atoms with E-state index in [4.69, 9.17) is 10.2 Å². The third kappa shape index (κ3) is 2.79. The Hall–Kier alpha value is -2.64. The Bertz CT molecular complexity index is 610. The lowest BCUT2D eigenvalue weighted by molar-refractivity contribution is -0.384. The summed E-state index contributed by atoms with van der Waals surface area (Å²) < 4.78 is 5.37. The molecule has 0 spiro atoms. The number of oxazole rings is 1. The van der Waals surface area contributed by atoms with Gasteiger partial charge in [0.15, 0.2) is 0 Å². The molecule has 1 unspecified atom stereocenters. The lowest BCUT2D eigenvalue weighted by atomic mass is 10.3. The van der Waals surface area contributed by atoms with Crippen molar-refractivity contribution in [3.8, 4) is 0 Å². The van der Waals surface area contributed by atoms with E-state index in [2.05, 4.69) is 15.3 Å². The quantitative estimate of drug-likeness (QED) is 0.639. The first-order chi connectivity index (χ1) is 8.97. The lowest BCUT2D eigenvalue weighted by Crippen LogP contribution is -2.09. The Labute approximate surface area is 108 Å². The highest BCUT2D eigenvalue weighted by Crippen LogP contribution is 2.23. The zero-order valence-corrected chi connectivity index (χ0v) is 10.5. The van der Waals surface area contributed by atoms with Gasteiger partial charge in [0.1, 0.15) is 17.6 Å². The summed E-state index contributed by atoms with van der Waals surface area (Å²) >= 11 is 0. The van der Waals surface area contributed by atoms with Gasteiger partial charge in [0, 0.05) is 6.07 Å². The van der Waals surface area contributed by atoms with Crippen molar-refractivity contribution in [1.82, 2.24) is 9.97 Å². The lowest BCUT2D eigenvalue weighted by Gasteiger charge is -2.11. The van der Waals surface area contributed by atoms with Crippen LogP contribution in [0.5, 0.6) is 0 Å². The van der Waals surface area contributed by atoms with E-state index in [0.717, 1.165) is 0 Å². The van der Waals surface area contributed by atoms with E-state index in [1.54, 1.807) is 13.1 Å². The minimum absolute atomic E-state index is 0.134. The molecule has 0 aromatic carbocycles. The first kappa shape index (κ1) is 12.8. The molecule has 0 bridgehead atoms. The van der Waals surface area contributed by atoms with Gasteiger partial charge < -0.3 is 15.5 Å². The molecule has 8 heteroatoms. The molecule has 0 saturated carbocycles. The number of rotatable bonds is 4. The molecule has 0 radical (unpaired) electrons. The summed E-state index contributed by atoms with van der Waals surface area (Å²) in [6.45, 7) is 3.63. The summed E-state index contributed by atoms with van der Waals surface area (Å²) in [7, 11) is 0. The number of nitrogens with one attached hydrogen (secondary N) is 1. The van der Waals surface area contributed by atoms with Gasteiger partial charge in [0.05, 0.1) is 11.1 Å². The Morgan fingerprint density at radius 1 is 1.53 bits per heavy atom. The zero-order valence-electron chi connectivity index (χ0n) is 10.5. The van der Waals surface area contributed by atoms with Crippen LogP contribution in [0.15, 0.2) is 22.7 Å². The van der Waals surface area contributed by atoms with Crippen LogP contribution in [0.2, 0.25) is 0 Å². The fourth-order valence-electron chi connectivity index (χ4n) is 1.56. The molecule has 100 valence electrons. The van der Waals surface area contributed by atoms with E-state index in [1.165, 1.54) is 12.1 Å². The Morgan fingerprint density at radius 3 is 2.79 bits per heavy atom. The Morgan fingerprint density at radius 2 is 2.26 bits per heavy atom. The first-order valence-corrected chi connectivity index (χ1v) is 5.57. The molecule has 19 heavy (non-hydrogen) atoms. The summed E-state index contributed by atoms with van der Waals surface area (Å²) in [5.74, 6) is 1.51. The predicted octanol–water partition coefficient (Wildman–Crippen LogP) is 2.04. The number of nitro groups is 1. The van der Waals surface area contributed by atoms with Crippen molar-refractivity contribution >= 4 is 17.3 Å². The molecule has 0 fully saturated rings. The van der Waals surface area contributed by atoms with Crippen molar-refractivity contribution in [2.24, 2.45) is 0 Å². The van der Waals surface area contributed by atoms with Gasteiger partial charge in [-0.1, -0.05) is 0 Å². The van der Waals surface area contributed by atoms with Crippen molar-refractivity contribution in [1.29, 1.82) is 0 Å². The van der Waals surface area contributed by atoms with Gasteiger partial charge in [-0.25, -0.2) is 9.97 Å². The molecule has 2 aromatic heterocycles. The largest absolute Gasteiger partial charge is 0.444 e. The third-order valence-corrected chi connectivity index (χ3v) is 2.47. The van der Waals surface area contributed by atoms with Gasteiger partial charge in [-0.3, -0.25) is 10.1 Å². The van der Waals surface area contributed by atoms with Crippen molar-refractivity contribution in [3.05, 3.63) is 40.1 Å². The molecule has 1 atom stereocenters. The molecule has 0 aliphatic rings. The number of anilines is 2. The molecule has 0 saturated heterocycles. The minimum atomic E-state index is -0.576. The number of aromatic nitrogens is 2. The second-order valence-electron chi connectivity index (χ2n) is 4.03. The first-order valence-electron chi connectivity index (χ1n) is 5.57. The topological polar surface area (TPSA) is 120 Å². The molecule has 8 nitrogen and oxygen atoms in total. The van der Waals surface area contributed by atoms with Gasteiger partial charge in [-0.2, -0.15) is 0 Å². The molecular formula is C11H13N5O3. The predicted molar refractivity (Wildman–Crippen MR) is 68.6 cm³/mol. The monoisotopic (exact) mass is 263 g/mol. The normalized spacial score (nSPS) is 12.1. The van der Waals surface area contributed by atoms with Gasteiger partial charge in [0.2, 0.25) is 11.7 Å². The van der Waals surface area contributed by atoms with E-state index in [9.17, 15) is 10.1 Å². The average Bonchev–Trinajstić information content (AvgIpc) is 2.75. The van der Waals surface area contributed by atoms with Gasteiger partial charge in [-0.05, 0) is 19.9 Å². The number of hydrogen-bond acceptors (Lipinski definition) is 7. The highest BCUT2D eigenvalue weighted by atomic mass is 16.6. The fourth-order valence-corrected chi connectivity index (χ4v) is 1.56. The van der Waals surface area contributed by atoms with Crippen LogP contribution in [0, 0.1) is 17.0 Å². The van der Waals surface area contributed by atoms with Crippen LogP contribution in [0.4, 0.5) is 17.3 Å². The number of nitrogen functional groups attached to an aromatic ring is 1. The van der Waals surface area contributed by atoms with Crippen LogP contribution in [0.25, 0.3) is 0 Å². The maximum absolute atomic E-state index is 10.6. The summed E-state index contributed by atoms with van der Waals surface area (Å²) in [5.41, 5.74) is 5.29. The smallest absolute Gasteiger partial charge is 0.311 e. The van der Waals surface area contributed by atoms with Crippen LogP contribution in [-0.2, 0) is 0 Å². The molecular weight excluding hydrogens is 250 g/mol. The van der Waals surface area contributed by atoms with Crippen molar-refractivity contribution in [2.75, 3.05) is 11.1 Å². The zero-order chi connectivity index (χ0) is 14.0. The van der Waals surface area contributed by atoms with Crippen LogP contribution in [-0.4, -0.2) is 14.9 Å². The van der Waals surface area contributed by atoms with Crippen molar-refractivity contribution < 1.29 is 9.34 Å². The fraction of sp³-hybridized carbons (Fsp3) is 0.273. The Balaban J connectivity index is 2.15. The third-order valence-electron chi connectivity index (χ3n) is 2.47. The van der Waals surface area contributed by atoms with E-state index in [1.807, 2.05) is 6.92 Å². The highest BCUT2D eigenvalue weighted by molar-refractivity contribution is 5.57. The number of nitrogens with two attached hydrogens (primary N) is 1. The second kappa shape index (κ2) is 4.92. The highest BCUT2D eigenvalue weighted by Gasteiger charge is 2.15. The van der Waals surface area contributed by atoms with Crippen LogP contribution in [0.3, 0.4) is 0 Å².